The Morgan fingerprint density at radius 1 is 0.950 bits per heavy atom. The molecule has 6 rings (SSSR count). The van der Waals surface area contributed by atoms with E-state index in [-0.39, 0.29) is 17.5 Å². The van der Waals surface area contributed by atoms with Crippen LogP contribution in [0.15, 0.2) is 79.0 Å². The molecule has 5 nitrogen and oxygen atoms in total. The number of carbonyl (C=O) groups excluding carboxylic acids is 1. The average Bonchev–Trinajstić information content (AvgIpc) is 3.47. The van der Waals surface area contributed by atoms with E-state index in [9.17, 15) is 4.79 Å². The van der Waals surface area contributed by atoms with Gasteiger partial charge in [0, 0.05) is 38.8 Å². The monoisotopic (exact) mass is 538 g/mol. The van der Waals surface area contributed by atoms with E-state index < -0.39 is 0 Å². The Balaban J connectivity index is 1.14. The van der Waals surface area contributed by atoms with Gasteiger partial charge in [-0.1, -0.05) is 79.6 Å². The molecule has 4 aliphatic rings. The van der Waals surface area contributed by atoms with Crippen molar-refractivity contribution in [1.29, 1.82) is 0 Å². The second-order valence-corrected chi connectivity index (χ2v) is 12.8. The molecule has 0 N–H and O–H groups in total. The summed E-state index contributed by atoms with van der Waals surface area (Å²) in [6.45, 7) is 4.70. The molecular weight excluding hydrogens is 492 g/mol. The number of carbonyl (C=O) groups is 1. The van der Waals surface area contributed by atoms with E-state index in [4.69, 9.17) is 0 Å². The van der Waals surface area contributed by atoms with Crippen LogP contribution in [0, 0.1) is 11.3 Å². The molecule has 2 aromatic carbocycles. The van der Waals surface area contributed by atoms with Gasteiger partial charge in [0.25, 0.3) is 0 Å². The van der Waals surface area contributed by atoms with E-state index in [1.165, 1.54) is 42.4 Å². The van der Waals surface area contributed by atoms with Crippen LogP contribution in [0.1, 0.15) is 62.1 Å². The third-order valence-corrected chi connectivity index (χ3v) is 10.3. The highest BCUT2D eigenvalue weighted by atomic mass is 16.2. The molecule has 5 heteroatoms. The highest BCUT2D eigenvalue weighted by Crippen LogP contribution is 2.49. The lowest BCUT2D eigenvalue weighted by atomic mass is 9.69. The number of benzene rings is 2. The normalized spacial score (nSPS) is 26.4. The highest BCUT2D eigenvalue weighted by Gasteiger charge is 2.48. The number of amides is 2. The van der Waals surface area contributed by atoms with Gasteiger partial charge in [0.15, 0.2) is 0 Å². The predicted octanol–water partition coefficient (Wildman–Crippen LogP) is 6.67. The van der Waals surface area contributed by atoms with Gasteiger partial charge in [-0.05, 0) is 86.5 Å². The first-order chi connectivity index (χ1) is 19.5. The van der Waals surface area contributed by atoms with Gasteiger partial charge in [-0.15, -0.1) is 0 Å². The Labute approximate surface area is 241 Å². The molecule has 1 saturated carbocycles. The lowest BCUT2D eigenvalue weighted by molar-refractivity contribution is 0.0158. The summed E-state index contributed by atoms with van der Waals surface area (Å²) in [4.78, 5) is 23.5. The van der Waals surface area contributed by atoms with Crippen LogP contribution in [0.25, 0.3) is 5.57 Å². The van der Waals surface area contributed by atoms with Crippen LogP contribution in [-0.2, 0) is 0 Å². The van der Waals surface area contributed by atoms with Gasteiger partial charge >= 0.3 is 6.03 Å². The zero-order chi connectivity index (χ0) is 27.5. The minimum Gasteiger partial charge on any atom is -0.373 e. The SMILES string of the molecule is CN(C)[C@@H]1CCN(C(=O)N2CC[C@@H](CN3C=CC(c4ccccc4)=CC3)C3(CCCC3)C2)[C@H](c2ccccc2)C1. The van der Waals surface area contributed by atoms with E-state index in [0.717, 1.165) is 52.0 Å². The first kappa shape index (κ1) is 27.1. The van der Waals surface area contributed by atoms with Crippen LogP contribution in [0.4, 0.5) is 4.79 Å². The summed E-state index contributed by atoms with van der Waals surface area (Å²) in [5, 5.41) is 0. The molecule has 2 amide bonds. The van der Waals surface area contributed by atoms with Crippen molar-refractivity contribution in [3.05, 3.63) is 90.1 Å². The van der Waals surface area contributed by atoms with Crippen LogP contribution in [0.2, 0.25) is 0 Å². The van der Waals surface area contributed by atoms with E-state index in [2.05, 4.69) is 113 Å². The zero-order valence-corrected chi connectivity index (χ0v) is 24.4. The summed E-state index contributed by atoms with van der Waals surface area (Å²) in [5.41, 5.74) is 4.14. The van der Waals surface area contributed by atoms with Gasteiger partial charge in [0.2, 0.25) is 0 Å². The van der Waals surface area contributed by atoms with Crippen LogP contribution in [0.3, 0.4) is 0 Å². The van der Waals surface area contributed by atoms with Crippen molar-refractivity contribution >= 4 is 11.6 Å². The van der Waals surface area contributed by atoms with Crippen molar-refractivity contribution in [3.63, 3.8) is 0 Å². The van der Waals surface area contributed by atoms with Crippen molar-refractivity contribution < 1.29 is 4.79 Å². The number of allylic oxidation sites excluding steroid dienone is 2. The maximum Gasteiger partial charge on any atom is 0.320 e. The quantitative estimate of drug-likeness (QED) is 0.426. The third kappa shape index (κ3) is 5.58. The van der Waals surface area contributed by atoms with Crippen molar-refractivity contribution in [2.24, 2.45) is 11.3 Å². The summed E-state index contributed by atoms with van der Waals surface area (Å²) in [6.07, 6.45) is 15.2. The van der Waals surface area contributed by atoms with Crippen molar-refractivity contribution in [2.45, 2.75) is 57.0 Å². The Morgan fingerprint density at radius 2 is 1.68 bits per heavy atom. The van der Waals surface area contributed by atoms with Gasteiger partial charge in [-0.2, -0.15) is 0 Å². The summed E-state index contributed by atoms with van der Waals surface area (Å²) >= 11 is 0. The fraction of sp³-hybridized carbons (Fsp3) is 0.514. The van der Waals surface area contributed by atoms with Crippen LogP contribution in [0.5, 0.6) is 0 Å². The molecule has 0 unspecified atom stereocenters. The second kappa shape index (κ2) is 11.8. The number of likely N-dealkylation sites (tertiary alicyclic amines) is 2. The summed E-state index contributed by atoms with van der Waals surface area (Å²) in [5.74, 6) is 0.639. The molecule has 3 heterocycles. The molecule has 2 saturated heterocycles. The number of rotatable bonds is 5. The van der Waals surface area contributed by atoms with E-state index in [1.54, 1.807) is 0 Å². The van der Waals surface area contributed by atoms with Gasteiger partial charge in [-0.25, -0.2) is 4.79 Å². The average molecular weight is 539 g/mol. The Bertz CT molecular complexity index is 1200. The minimum absolute atomic E-state index is 0.149. The Kier molecular flexibility index (Phi) is 8.02. The largest absolute Gasteiger partial charge is 0.373 e. The lowest BCUT2D eigenvalue weighted by Crippen LogP contribution is -2.57. The first-order valence-electron chi connectivity index (χ1n) is 15.5. The Morgan fingerprint density at radius 3 is 2.35 bits per heavy atom. The van der Waals surface area contributed by atoms with Gasteiger partial charge in [0.1, 0.15) is 0 Å². The molecule has 3 atom stereocenters. The van der Waals surface area contributed by atoms with E-state index in [1.807, 2.05) is 0 Å². The fourth-order valence-corrected chi connectivity index (χ4v) is 7.91. The molecule has 40 heavy (non-hydrogen) atoms. The van der Waals surface area contributed by atoms with Gasteiger partial charge < -0.3 is 19.6 Å². The van der Waals surface area contributed by atoms with Crippen LogP contribution < -0.4 is 0 Å². The predicted molar refractivity (Wildman–Crippen MR) is 164 cm³/mol. The minimum atomic E-state index is 0.149. The van der Waals surface area contributed by atoms with Crippen LogP contribution in [-0.4, -0.2) is 78.5 Å². The summed E-state index contributed by atoms with van der Waals surface area (Å²) < 4.78 is 0. The first-order valence-corrected chi connectivity index (χ1v) is 15.5. The number of hydrogen-bond donors (Lipinski definition) is 0. The molecule has 0 aromatic heterocycles. The van der Waals surface area contributed by atoms with Crippen molar-refractivity contribution in [2.75, 3.05) is 46.8 Å². The highest BCUT2D eigenvalue weighted by molar-refractivity contribution is 5.76. The van der Waals surface area contributed by atoms with Gasteiger partial charge in [-0.3, -0.25) is 0 Å². The van der Waals surface area contributed by atoms with Crippen LogP contribution >= 0.6 is 0 Å². The fourth-order valence-electron chi connectivity index (χ4n) is 7.91. The summed E-state index contributed by atoms with van der Waals surface area (Å²) in [7, 11) is 4.35. The zero-order valence-electron chi connectivity index (χ0n) is 24.4. The molecule has 212 valence electrons. The maximum absolute atomic E-state index is 14.2. The van der Waals surface area contributed by atoms with Crippen molar-refractivity contribution in [1.82, 2.24) is 19.6 Å². The van der Waals surface area contributed by atoms with Gasteiger partial charge in [0.05, 0.1) is 6.04 Å². The topological polar surface area (TPSA) is 30.0 Å². The number of hydrogen-bond acceptors (Lipinski definition) is 3. The van der Waals surface area contributed by atoms with E-state index in [0.29, 0.717) is 12.0 Å². The molecule has 0 bridgehead atoms. The molecule has 1 spiro atoms. The Hall–Kier alpha value is -3.05. The number of nitrogens with zero attached hydrogens (tertiary/aromatic N) is 4. The molecular formula is C35H46N4O. The number of piperidine rings is 2. The molecule has 3 fully saturated rings. The lowest BCUT2D eigenvalue weighted by Gasteiger charge is -2.50. The smallest absolute Gasteiger partial charge is 0.320 e. The van der Waals surface area contributed by atoms with E-state index >= 15 is 0 Å². The molecule has 2 aromatic rings. The summed E-state index contributed by atoms with van der Waals surface area (Å²) in [6, 6.07) is 22.3. The molecule has 1 aliphatic carbocycles. The number of urea groups is 1. The van der Waals surface area contributed by atoms with Crippen molar-refractivity contribution in [3.8, 4) is 0 Å². The third-order valence-electron chi connectivity index (χ3n) is 10.3. The molecule has 0 radical (unpaired) electrons. The molecule has 3 aliphatic heterocycles. The standard InChI is InChI=1S/C35H46N4O/c1-36(2)32-18-24-39(33(25-32)30-13-7-4-8-14-30)34(40)38-23-17-31(35(27-38)19-9-10-20-35)26-37-21-15-29(16-22-37)28-11-5-3-6-12-28/h3-8,11-16,21,31-33H,9-10,17-20,22-27H2,1-2H3/t31-,32+,33-/m0/s1. The second-order valence-electron chi connectivity index (χ2n) is 12.8. The maximum atomic E-state index is 14.2.